The van der Waals surface area contributed by atoms with E-state index in [2.05, 4.69) is 0 Å². The maximum absolute atomic E-state index is 1.87. The Morgan fingerprint density at radius 1 is 0.444 bits per heavy atom. The molecule has 0 unspecified atom stereocenters. The first kappa shape index (κ1) is 21.2. The molecule has 0 amide bonds. The molecule has 0 heterocycles. The topological polar surface area (TPSA) is 0 Å². The summed E-state index contributed by atoms with van der Waals surface area (Å²) >= 11 is -0.653. The molecule has 0 saturated heterocycles. The summed E-state index contributed by atoms with van der Waals surface area (Å²) in [5, 5.41) is 0. The molecule has 4 aliphatic carbocycles. The van der Waals surface area contributed by atoms with E-state index in [1.807, 2.05) is 4.95 Å². The van der Waals surface area contributed by atoms with Gasteiger partial charge in [0.2, 0.25) is 0 Å². The molecule has 4 saturated carbocycles. The fourth-order valence-electron chi connectivity index (χ4n) is 6.90. The van der Waals surface area contributed by atoms with Gasteiger partial charge in [0.25, 0.3) is 0 Å². The van der Waals surface area contributed by atoms with Crippen LogP contribution in [0.2, 0.25) is 9.41 Å². The van der Waals surface area contributed by atoms with Crippen LogP contribution in [0.4, 0.5) is 0 Å². The van der Waals surface area contributed by atoms with Crippen molar-refractivity contribution in [3.8, 4) is 0 Å². The third kappa shape index (κ3) is 6.00. The molecule has 0 aliphatic heterocycles. The summed E-state index contributed by atoms with van der Waals surface area (Å²) in [5.41, 5.74) is 2.42. The molecule has 4 aliphatic rings. The third-order valence-corrected chi connectivity index (χ3v) is 22.3. The summed E-state index contributed by atoms with van der Waals surface area (Å²) < 4.78 is 2.54. The quantitative estimate of drug-likeness (QED) is 0.279. The van der Waals surface area contributed by atoms with Gasteiger partial charge in [-0.2, -0.15) is 0 Å². The van der Waals surface area contributed by atoms with Crippen molar-refractivity contribution in [1.29, 1.82) is 0 Å². The molecule has 156 valence electrons. The monoisotopic (exact) mass is 452 g/mol. The van der Waals surface area contributed by atoms with Crippen LogP contribution in [0.1, 0.15) is 128 Å². The minimum absolute atomic E-state index is 0.379. The van der Waals surface area contributed by atoms with E-state index in [0.717, 1.165) is 0 Å². The predicted molar refractivity (Wildman–Crippen MR) is 125 cm³/mol. The van der Waals surface area contributed by atoms with Crippen LogP contribution in [-0.4, -0.2) is 30.9 Å². The molecule has 4 fully saturated rings. The molecule has 0 aromatic heterocycles. The van der Waals surface area contributed by atoms with Gasteiger partial charge >= 0.3 is 177 Å². The van der Waals surface area contributed by atoms with Crippen molar-refractivity contribution < 1.29 is 0 Å². The van der Waals surface area contributed by atoms with Gasteiger partial charge in [0, 0.05) is 0 Å². The van der Waals surface area contributed by atoms with Gasteiger partial charge in [-0.1, -0.05) is 0 Å². The Morgan fingerprint density at radius 3 is 1.15 bits per heavy atom. The second-order valence-corrected chi connectivity index (χ2v) is 20.1. The van der Waals surface area contributed by atoms with Crippen LogP contribution in [0.15, 0.2) is 0 Å². The first-order chi connectivity index (χ1) is 13.4. The first-order valence-corrected chi connectivity index (χ1v) is 18.1. The molecule has 0 bridgehead atoms. The molecule has 0 aromatic carbocycles. The second-order valence-electron chi connectivity index (χ2n) is 10.3. The van der Waals surface area contributed by atoms with Gasteiger partial charge in [-0.05, 0) is 0 Å². The van der Waals surface area contributed by atoms with Gasteiger partial charge in [-0.25, -0.2) is 0 Å². The van der Waals surface area contributed by atoms with E-state index in [1.165, 1.54) is 20.7 Å². The number of hydrogen-bond donors (Lipinski definition) is 0. The van der Waals surface area contributed by atoms with Crippen LogP contribution in [0.5, 0.6) is 0 Å². The third-order valence-electron chi connectivity index (χ3n) is 8.50. The van der Waals surface area contributed by atoms with Crippen molar-refractivity contribution in [2.45, 2.75) is 149 Å². The van der Waals surface area contributed by atoms with Crippen molar-refractivity contribution in [3.63, 3.8) is 0 Å². The van der Waals surface area contributed by atoms with Crippen LogP contribution in [-0.2, 0) is 0 Å². The summed E-state index contributed by atoms with van der Waals surface area (Å²) in [7, 11) is 0.379. The Labute approximate surface area is 176 Å². The Hall–Kier alpha value is 0.988. The van der Waals surface area contributed by atoms with Crippen molar-refractivity contribution in [1.82, 2.24) is 0 Å². The van der Waals surface area contributed by atoms with E-state index in [1.54, 1.807) is 128 Å². The van der Waals surface area contributed by atoms with Crippen LogP contribution >= 0.6 is 7.92 Å². The summed E-state index contributed by atoms with van der Waals surface area (Å²) in [4.78, 5) is 1.87. The number of rotatable bonds is 6. The van der Waals surface area contributed by atoms with E-state index in [9.17, 15) is 0 Å². The van der Waals surface area contributed by atoms with Crippen molar-refractivity contribution in [2.24, 2.45) is 0 Å². The zero-order valence-corrected chi connectivity index (χ0v) is 20.8. The maximum atomic E-state index is 1.87. The second kappa shape index (κ2) is 11.4. The van der Waals surface area contributed by atoms with Crippen LogP contribution in [0.3, 0.4) is 0 Å². The van der Waals surface area contributed by atoms with Gasteiger partial charge in [-0.15, -0.1) is 0 Å². The summed E-state index contributed by atoms with van der Waals surface area (Å²) in [5.74, 6) is 0. The van der Waals surface area contributed by atoms with E-state index in [-0.39, 0.29) is 0 Å². The van der Waals surface area contributed by atoms with E-state index in [4.69, 9.17) is 0 Å². The van der Waals surface area contributed by atoms with Gasteiger partial charge in [0.15, 0.2) is 0 Å². The van der Waals surface area contributed by atoms with Crippen molar-refractivity contribution in [3.05, 3.63) is 0 Å². The van der Waals surface area contributed by atoms with E-state index < -0.39 is 14.7 Å². The van der Waals surface area contributed by atoms with Crippen LogP contribution < -0.4 is 0 Å². The molecule has 0 nitrogen and oxygen atoms in total. The zero-order chi connectivity index (χ0) is 18.3. The number of hydrogen-bond acceptors (Lipinski definition) is 0. The molecule has 27 heavy (non-hydrogen) atoms. The molecule has 0 spiro atoms. The standard InChI is InChI=1S/C25H46AsP/c1-5-13-22(14-6-1)26(23-15-7-2-8-16-23)21-27(24-17-9-3-10-18-24)25-19-11-4-12-20-25/h22-25H,1-21H2. The Morgan fingerprint density at radius 2 is 0.778 bits per heavy atom. The summed E-state index contributed by atoms with van der Waals surface area (Å²) in [6.45, 7) is 0. The molecule has 2 heteroatoms. The molecule has 0 radical (unpaired) electrons. The van der Waals surface area contributed by atoms with E-state index in [0.29, 0.717) is 7.92 Å². The average molecular weight is 453 g/mol. The molecular weight excluding hydrogens is 406 g/mol. The molecule has 0 aromatic rings. The Kier molecular flexibility index (Phi) is 8.96. The Balaban J connectivity index is 1.49. The molecular formula is C25H46AsP. The molecule has 4 rings (SSSR count). The fraction of sp³-hybridized carbons (Fsp3) is 1.00. The predicted octanol–water partition coefficient (Wildman–Crippen LogP) is 8.84. The van der Waals surface area contributed by atoms with Crippen molar-refractivity contribution >= 4 is 22.6 Å². The molecule has 0 atom stereocenters. The normalized spacial score (nSPS) is 28.2. The van der Waals surface area contributed by atoms with Crippen LogP contribution in [0, 0.1) is 0 Å². The average Bonchev–Trinajstić information content (AvgIpc) is 2.77. The van der Waals surface area contributed by atoms with Gasteiger partial charge in [-0.3, -0.25) is 0 Å². The van der Waals surface area contributed by atoms with Gasteiger partial charge in [0.05, 0.1) is 0 Å². The van der Waals surface area contributed by atoms with Gasteiger partial charge in [0.1, 0.15) is 0 Å². The van der Waals surface area contributed by atoms with Crippen molar-refractivity contribution in [2.75, 3.05) is 4.95 Å². The van der Waals surface area contributed by atoms with E-state index >= 15 is 0 Å². The minimum atomic E-state index is -0.653. The van der Waals surface area contributed by atoms with Crippen LogP contribution in [0.25, 0.3) is 0 Å². The molecule has 0 N–H and O–H groups in total. The summed E-state index contributed by atoms with van der Waals surface area (Å²) in [6, 6.07) is 0. The van der Waals surface area contributed by atoms with Gasteiger partial charge < -0.3 is 0 Å². The zero-order valence-electron chi connectivity index (χ0n) is 18.1. The SMILES string of the molecule is C1CCC(P(C[As](C2CCCCC2)C2CCCCC2)C2CCCCC2)CC1. The Bertz CT molecular complexity index is 327. The fourth-order valence-corrected chi connectivity index (χ4v) is 24.6. The summed E-state index contributed by atoms with van der Waals surface area (Å²) in [6.07, 6.45) is 32.1. The first-order valence-electron chi connectivity index (χ1n) is 12.9.